The molecule has 1 aromatic carbocycles. The van der Waals surface area contributed by atoms with Gasteiger partial charge in [0.05, 0.1) is 11.3 Å². The Bertz CT molecular complexity index is 573. The molecular weight excluding hydrogens is 234 g/mol. The lowest BCUT2D eigenvalue weighted by Crippen LogP contribution is -2.21. The van der Waals surface area contributed by atoms with Crippen molar-refractivity contribution in [2.75, 3.05) is 0 Å². The van der Waals surface area contributed by atoms with Gasteiger partial charge in [0.15, 0.2) is 0 Å². The van der Waals surface area contributed by atoms with Gasteiger partial charge in [-0.1, -0.05) is 23.9 Å². The fourth-order valence-corrected chi connectivity index (χ4v) is 3.06. The highest BCUT2D eigenvalue weighted by molar-refractivity contribution is 8.03. The first-order valence-electron chi connectivity index (χ1n) is 5.37. The summed E-state index contributed by atoms with van der Waals surface area (Å²) in [6, 6.07) is 7.86. The lowest BCUT2D eigenvalue weighted by atomic mass is 10.1. The minimum Gasteiger partial charge on any atom is -0.451 e. The van der Waals surface area contributed by atoms with Gasteiger partial charge in [-0.25, -0.2) is 4.79 Å². The number of fused-ring (bicyclic) bond motifs is 1. The molecule has 3 nitrogen and oxygen atoms in total. The number of para-hydroxylation sites is 1. The smallest absolute Gasteiger partial charge is 0.341 e. The van der Waals surface area contributed by atoms with E-state index in [1.165, 1.54) is 0 Å². The molecule has 86 valence electrons. The van der Waals surface area contributed by atoms with Crippen molar-refractivity contribution in [3.8, 4) is 0 Å². The Morgan fingerprint density at radius 2 is 2.06 bits per heavy atom. The number of thioether (sulfide) groups is 1. The van der Waals surface area contributed by atoms with Crippen LogP contribution in [0, 0.1) is 0 Å². The Hall–Kier alpha value is -1.55. The largest absolute Gasteiger partial charge is 0.451 e. The van der Waals surface area contributed by atoms with Crippen LogP contribution < -0.4 is 0 Å². The summed E-state index contributed by atoms with van der Waals surface area (Å²) in [5.41, 5.74) is 0.923. The number of nitrogens with zero attached hydrogens (tertiary/aromatic N) is 1. The number of hydrogen-bond acceptors (Lipinski definition) is 4. The number of carbonyl (C=O) groups is 1. The van der Waals surface area contributed by atoms with Crippen molar-refractivity contribution in [2.24, 2.45) is 4.99 Å². The van der Waals surface area contributed by atoms with Gasteiger partial charge < -0.3 is 4.74 Å². The van der Waals surface area contributed by atoms with Crippen molar-refractivity contribution in [1.29, 1.82) is 0 Å². The zero-order chi connectivity index (χ0) is 12.0. The summed E-state index contributed by atoms with van der Waals surface area (Å²) < 4.78 is 5.34. The molecule has 0 N–H and O–H groups in total. The number of ether oxygens (including phenoxy) is 1. The molecule has 2 heterocycles. The van der Waals surface area contributed by atoms with Crippen LogP contribution in [0.1, 0.15) is 13.8 Å². The van der Waals surface area contributed by atoms with E-state index in [9.17, 15) is 4.79 Å². The Morgan fingerprint density at radius 1 is 1.29 bits per heavy atom. The molecule has 0 spiro atoms. The number of cyclic esters (lactones) is 1. The molecule has 0 unspecified atom stereocenters. The van der Waals surface area contributed by atoms with Crippen LogP contribution in [0.2, 0.25) is 0 Å². The molecule has 2 aliphatic heterocycles. The van der Waals surface area contributed by atoms with Gasteiger partial charge in [0.2, 0.25) is 0 Å². The molecule has 4 heteroatoms. The van der Waals surface area contributed by atoms with Crippen molar-refractivity contribution >= 4 is 29.6 Å². The highest BCUT2D eigenvalue weighted by Crippen LogP contribution is 2.46. The quantitative estimate of drug-likeness (QED) is 0.659. The van der Waals surface area contributed by atoms with Gasteiger partial charge in [-0.2, -0.15) is 0 Å². The van der Waals surface area contributed by atoms with Gasteiger partial charge >= 0.3 is 5.97 Å². The monoisotopic (exact) mass is 245 g/mol. The summed E-state index contributed by atoms with van der Waals surface area (Å²) in [5, 5.41) is 0. The van der Waals surface area contributed by atoms with Crippen LogP contribution in [-0.4, -0.2) is 17.8 Å². The van der Waals surface area contributed by atoms with Crippen LogP contribution >= 0.6 is 11.8 Å². The average molecular weight is 245 g/mol. The number of aliphatic imine (C=N–C) groups is 1. The minimum absolute atomic E-state index is 0.283. The maximum Gasteiger partial charge on any atom is 0.341 e. The topological polar surface area (TPSA) is 38.7 Å². The first-order chi connectivity index (χ1) is 8.08. The highest BCUT2D eigenvalue weighted by Gasteiger charge is 2.41. The molecule has 3 rings (SSSR count). The molecule has 0 radical (unpaired) electrons. The molecule has 2 aliphatic rings. The molecule has 0 amide bonds. The third kappa shape index (κ3) is 1.60. The third-order valence-corrected chi connectivity index (χ3v) is 4.25. The van der Waals surface area contributed by atoms with E-state index in [-0.39, 0.29) is 5.97 Å². The highest BCUT2D eigenvalue weighted by atomic mass is 32.2. The number of hydrogen-bond donors (Lipinski definition) is 0. The third-order valence-electron chi connectivity index (χ3n) is 2.77. The minimum atomic E-state index is -0.555. The van der Waals surface area contributed by atoms with Crippen molar-refractivity contribution in [3.05, 3.63) is 34.7 Å². The van der Waals surface area contributed by atoms with Gasteiger partial charge in [-0.05, 0) is 26.0 Å². The second-order valence-corrected chi connectivity index (χ2v) is 5.52. The summed E-state index contributed by atoms with van der Waals surface area (Å²) in [6.07, 6.45) is 1.62. The summed E-state index contributed by atoms with van der Waals surface area (Å²) in [5.74, 6) is -0.283. The average Bonchev–Trinajstić information content (AvgIpc) is 2.46. The van der Waals surface area contributed by atoms with Crippen molar-refractivity contribution in [1.82, 2.24) is 0 Å². The molecule has 0 aliphatic carbocycles. The lowest BCUT2D eigenvalue weighted by Gasteiger charge is -2.20. The predicted octanol–water partition coefficient (Wildman–Crippen LogP) is 3.08. The van der Waals surface area contributed by atoms with E-state index in [1.54, 1.807) is 18.0 Å². The summed E-state index contributed by atoms with van der Waals surface area (Å²) in [4.78, 5) is 18.1. The summed E-state index contributed by atoms with van der Waals surface area (Å²) >= 11 is 1.57. The molecule has 17 heavy (non-hydrogen) atoms. The van der Waals surface area contributed by atoms with Gasteiger partial charge in [-0.3, -0.25) is 4.99 Å². The number of esters is 1. The molecule has 0 saturated carbocycles. The maximum absolute atomic E-state index is 11.7. The van der Waals surface area contributed by atoms with Crippen molar-refractivity contribution in [2.45, 2.75) is 24.3 Å². The predicted molar refractivity (Wildman–Crippen MR) is 67.6 cm³/mol. The molecular formula is C13H11NO2S. The fraction of sp³-hybridized carbons (Fsp3) is 0.231. The second kappa shape index (κ2) is 3.47. The number of benzene rings is 1. The Morgan fingerprint density at radius 3 is 2.88 bits per heavy atom. The summed E-state index contributed by atoms with van der Waals surface area (Å²) in [7, 11) is 0. The van der Waals surface area contributed by atoms with E-state index in [0.717, 1.165) is 15.5 Å². The van der Waals surface area contributed by atoms with Crippen LogP contribution in [0.15, 0.2) is 44.6 Å². The van der Waals surface area contributed by atoms with E-state index in [2.05, 4.69) is 4.99 Å². The van der Waals surface area contributed by atoms with Gasteiger partial charge in [-0.15, -0.1) is 0 Å². The zero-order valence-electron chi connectivity index (χ0n) is 9.56. The number of carbonyl (C=O) groups excluding carboxylic acids is 1. The first kappa shape index (κ1) is 10.6. The lowest BCUT2D eigenvalue weighted by molar-refractivity contribution is -0.143. The first-order valence-corrected chi connectivity index (χ1v) is 6.18. The Labute approximate surface area is 104 Å². The SMILES string of the molecule is CC1(C)OC(=O)C2=C1Sc1ccccc1N=C2. The van der Waals surface area contributed by atoms with Crippen molar-refractivity contribution < 1.29 is 9.53 Å². The second-order valence-electron chi connectivity index (χ2n) is 4.47. The van der Waals surface area contributed by atoms with Crippen LogP contribution in [0.3, 0.4) is 0 Å². The van der Waals surface area contributed by atoms with Gasteiger partial charge in [0, 0.05) is 16.0 Å². The van der Waals surface area contributed by atoms with Crippen LogP contribution in [0.5, 0.6) is 0 Å². The molecule has 0 atom stereocenters. The van der Waals surface area contributed by atoms with E-state index in [1.807, 2.05) is 38.1 Å². The molecule has 1 aromatic rings. The van der Waals surface area contributed by atoms with E-state index in [4.69, 9.17) is 4.74 Å². The van der Waals surface area contributed by atoms with Crippen LogP contribution in [0.25, 0.3) is 0 Å². The maximum atomic E-state index is 11.7. The fourth-order valence-electron chi connectivity index (χ4n) is 1.93. The Kier molecular flexibility index (Phi) is 2.16. The normalized spacial score (nSPS) is 20.7. The molecule has 0 saturated heterocycles. The summed E-state index contributed by atoms with van der Waals surface area (Å²) in [6.45, 7) is 3.81. The molecule has 0 aromatic heterocycles. The Balaban J connectivity index is 2.16. The zero-order valence-corrected chi connectivity index (χ0v) is 10.4. The van der Waals surface area contributed by atoms with E-state index in [0.29, 0.717) is 5.57 Å². The van der Waals surface area contributed by atoms with Gasteiger partial charge in [0.1, 0.15) is 5.60 Å². The van der Waals surface area contributed by atoms with Crippen molar-refractivity contribution in [3.63, 3.8) is 0 Å². The van der Waals surface area contributed by atoms with Crippen LogP contribution in [-0.2, 0) is 9.53 Å². The molecule has 0 fully saturated rings. The van der Waals surface area contributed by atoms with E-state index < -0.39 is 5.60 Å². The van der Waals surface area contributed by atoms with Crippen LogP contribution in [0.4, 0.5) is 5.69 Å². The van der Waals surface area contributed by atoms with Gasteiger partial charge in [0.25, 0.3) is 0 Å². The number of rotatable bonds is 0. The standard InChI is InChI=1S/C13H11NO2S/c1-13(2)11-8(12(15)16-13)7-14-9-5-3-4-6-10(9)17-11/h3-7H,1-2H3. The van der Waals surface area contributed by atoms with E-state index >= 15 is 0 Å². The molecule has 0 bridgehead atoms.